The van der Waals surface area contributed by atoms with Gasteiger partial charge in [0.05, 0.1) is 13.2 Å². The highest BCUT2D eigenvalue weighted by atomic mass is 16.5. The van der Waals surface area contributed by atoms with Crippen LogP contribution in [-0.2, 0) is 14.3 Å². The van der Waals surface area contributed by atoms with Gasteiger partial charge in [0.15, 0.2) is 0 Å². The lowest BCUT2D eigenvalue weighted by atomic mass is 10.1. The molecule has 0 rings (SSSR count). The third kappa shape index (κ3) is 8.56. The number of nitrogens with one attached hydrogen (secondary N) is 1. The van der Waals surface area contributed by atoms with Gasteiger partial charge in [-0.2, -0.15) is 0 Å². The molecule has 0 saturated carbocycles. The highest BCUT2D eigenvalue weighted by Gasteiger charge is 2.22. The topological polar surface area (TPSA) is 84.7 Å². The first kappa shape index (κ1) is 17.9. The van der Waals surface area contributed by atoms with E-state index in [1.165, 1.54) is 0 Å². The molecule has 0 aliphatic carbocycles. The molecule has 112 valence electrons. The molecule has 6 heteroatoms. The van der Waals surface area contributed by atoms with Crippen LogP contribution in [0.5, 0.6) is 0 Å². The summed E-state index contributed by atoms with van der Waals surface area (Å²) in [6.07, 6.45) is 0.430. The third-order valence-electron chi connectivity index (χ3n) is 2.78. The fourth-order valence-corrected chi connectivity index (χ4v) is 1.30. The van der Waals surface area contributed by atoms with E-state index < -0.39 is 0 Å². The average molecular weight is 273 g/mol. The highest BCUT2D eigenvalue weighted by Crippen LogP contribution is 2.12. The zero-order valence-corrected chi connectivity index (χ0v) is 12.5. The summed E-state index contributed by atoms with van der Waals surface area (Å²) in [4.78, 5) is 25.0. The standard InChI is InChI=1S/C13H27N3O3/c1-13(2,3)16(4)12(18)6-5-11(17)15-8-10-19-9-7-14/h5-10,14H2,1-4H3,(H,15,17). The van der Waals surface area contributed by atoms with Gasteiger partial charge < -0.3 is 20.7 Å². The predicted octanol–water partition coefficient (Wildman–Crippen LogP) is 0.115. The van der Waals surface area contributed by atoms with Gasteiger partial charge in [-0.05, 0) is 20.8 Å². The molecular formula is C13H27N3O3. The van der Waals surface area contributed by atoms with E-state index in [1.54, 1.807) is 11.9 Å². The Morgan fingerprint density at radius 1 is 1.21 bits per heavy atom. The molecule has 3 N–H and O–H groups in total. The highest BCUT2D eigenvalue weighted by molar-refractivity contribution is 5.83. The molecule has 0 aromatic rings. The van der Waals surface area contributed by atoms with Crippen LogP contribution in [0.2, 0.25) is 0 Å². The summed E-state index contributed by atoms with van der Waals surface area (Å²) >= 11 is 0. The molecule has 6 nitrogen and oxygen atoms in total. The van der Waals surface area contributed by atoms with Gasteiger partial charge in [0.25, 0.3) is 0 Å². The Balaban J connectivity index is 3.76. The molecule has 0 aliphatic rings. The van der Waals surface area contributed by atoms with Gasteiger partial charge in [0.2, 0.25) is 11.8 Å². The summed E-state index contributed by atoms with van der Waals surface area (Å²) in [6, 6.07) is 0. The number of ether oxygens (including phenoxy) is 1. The number of carbonyl (C=O) groups is 2. The van der Waals surface area contributed by atoms with Gasteiger partial charge in [-0.1, -0.05) is 0 Å². The lowest BCUT2D eigenvalue weighted by Gasteiger charge is -2.32. The van der Waals surface area contributed by atoms with Gasteiger partial charge in [-0.3, -0.25) is 9.59 Å². The van der Waals surface area contributed by atoms with Crippen LogP contribution >= 0.6 is 0 Å². The normalized spacial score (nSPS) is 11.2. The second-order valence-electron chi connectivity index (χ2n) is 5.37. The Bertz CT molecular complexity index is 287. The molecule has 0 bridgehead atoms. The van der Waals surface area contributed by atoms with Crippen LogP contribution in [0.4, 0.5) is 0 Å². The summed E-state index contributed by atoms with van der Waals surface area (Å²) in [5, 5.41) is 2.70. The summed E-state index contributed by atoms with van der Waals surface area (Å²) in [5.74, 6) is -0.158. The molecule has 0 heterocycles. The maximum Gasteiger partial charge on any atom is 0.223 e. The number of nitrogens with zero attached hydrogens (tertiary/aromatic N) is 1. The Morgan fingerprint density at radius 2 is 1.84 bits per heavy atom. The molecule has 2 amide bonds. The molecule has 0 fully saturated rings. The third-order valence-corrected chi connectivity index (χ3v) is 2.78. The molecule has 0 aromatic carbocycles. The molecule has 0 radical (unpaired) electrons. The molecule has 0 saturated heterocycles. The molecule has 19 heavy (non-hydrogen) atoms. The van der Waals surface area contributed by atoms with Crippen LogP contribution in [0.25, 0.3) is 0 Å². The Labute approximate surface area is 115 Å². The number of carbonyl (C=O) groups excluding carboxylic acids is 2. The van der Waals surface area contributed by atoms with Crippen molar-refractivity contribution in [1.29, 1.82) is 0 Å². The van der Waals surface area contributed by atoms with E-state index in [4.69, 9.17) is 10.5 Å². The molecule has 0 aromatic heterocycles. The van der Waals surface area contributed by atoms with Crippen LogP contribution in [0.1, 0.15) is 33.6 Å². The number of rotatable bonds is 8. The van der Waals surface area contributed by atoms with Crippen LogP contribution in [0.15, 0.2) is 0 Å². The van der Waals surface area contributed by atoms with E-state index in [-0.39, 0.29) is 30.2 Å². The van der Waals surface area contributed by atoms with Crippen molar-refractivity contribution in [2.75, 3.05) is 33.4 Å². The molecule has 0 spiro atoms. The van der Waals surface area contributed by atoms with Gasteiger partial charge >= 0.3 is 0 Å². The van der Waals surface area contributed by atoms with Crippen LogP contribution < -0.4 is 11.1 Å². The summed E-state index contributed by atoms with van der Waals surface area (Å²) in [5.41, 5.74) is 5.04. The Kier molecular flexibility index (Phi) is 8.34. The SMILES string of the molecule is CN(C(=O)CCC(=O)NCCOCCN)C(C)(C)C. The molecule has 0 aliphatic heterocycles. The fourth-order valence-electron chi connectivity index (χ4n) is 1.30. The average Bonchev–Trinajstić information content (AvgIpc) is 2.33. The molecule has 0 unspecified atom stereocenters. The smallest absolute Gasteiger partial charge is 0.223 e. The Hall–Kier alpha value is -1.14. The van der Waals surface area contributed by atoms with Crippen LogP contribution in [-0.4, -0.2) is 55.6 Å². The first-order valence-corrected chi connectivity index (χ1v) is 6.60. The minimum absolute atomic E-state index is 0.0259. The zero-order chi connectivity index (χ0) is 14.9. The first-order chi connectivity index (χ1) is 8.79. The van der Waals surface area contributed by atoms with E-state index in [1.807, 2.05) is 20.8 Å². The van der Waals surface area contributed by atoms with Crippen molar-refractivity contribution in [2.24, 2.45) is 5.73 Å². The quantitative estimate of drug-likeness (QED) is 0.615. The predicted molar refractivity (Wildman–Crippen MR) is 74.6 cm³/mol. The lowest BCUT2D eigenvalue weighted by molar-refractivity contribution is -0.136. The minimum atomic E-state index is -0.219. The molecule has 0 atom stereocenters. The largest absolute Gasteiger partial charge is 0.378 e. The van der Waals surface area contributed by atoms with E-state index in [0.29, 0.717) is 26.3 Å². The maximum absolute atomic E-state index is 11.8. The Morgan fingerprint density at radius 3 is 2.37 bits per heavy atom. The van der Waals surface area contributed by atoms with Gasteiger partial charge in [-0.25, -0.2) is 0 Å². The van der Waals surface area contributed by atoms with E-state index in [9.17, 15) is 9.59 Å². The zero-order valence-electron chi connectivity index (χ0n) is 12.5. The van der Waals surface area contributed by atoms with E-state index in [2.05, 4.69) is 5.32 Å². The number of hydrogen-bond donors (Lipinski definition) is 2. The second-order valence-corrected chi connectivity index (χ2v) is 5.37. The van der Waals surface area contributed by atoms with Crippen molar-refractivity contribution in [3.05, 3.63) is 0 Å². The lowest BCUT2D eigenvalue weighted by Crippen LogP contribution is -2.42. The monoisotopic (exact) mass is 273 g/mol. The van der Waals surface area contributed by atoms with Crippen LogP contribution in [0, 0.1) is 0 Å². The van der Waals surface area contributed by atoms with Crippen molar-refractivity contribution in [2.45, 2.75) is 39.2 Å². The van der Waals surface area contributed by atoms with Crippen molar-refractivity contribution < 1.29 is 14.3 Å². The van der Waals surface area contributed by atoms with Crippen molar-refractivity contribution in [3.8, 4) is 0 Å². The molecular weight excluding hydrogens is 246 g/mol. The second kappa shape index (κ2) is 8.87. The minimum Gasteiger partial charge on any atom is -0.378 e. The summed E-state index contributed by atoms with van der Waals surface area (Å²) < 4.78 is 5.13. The fraction of sp³-hybridized carbons (Fsp3) is 0.846. The van der Waals surface area contributed by atoms with Gasteiger partial charge in [0, 0.05) is 38.5 Å². The van der Waals surface area contributed by atoms with E-state index in [0.717, 1.165) is 0 Å². The number of nitrogens with two attached hydrogens (primary N) is 1. The first-order valence-electron chi connectivity index (χ1n) is 6.60. The van der Waals surface area contributed by atoms with Crippen molar-refractivity contribution in [3.63, 3.8) is 0 Å². The maximum atomic E-state index is 11.8. The van der Waals surface area contributed by atoms with Gasteiger partial charge in [-0.15, -0.1) is 0 Å². The summed E-state index contributed by atoms with van der Waals surface area (Å²) in [6.45, 7) is 7.73. The van der Waals surface area contributed by atoms with Crippen molar-refractivity contribution in [1.82, 2.24) is 10.2 Å². The van der Waals surface area contributed by atoms with Crippen molar-refractivity contribution >= 4 is 11.8 Å². The summed E-state index contributed by atoms with van der Waals surface area (Å²) in [7, 11) is 1.75. The number of hydrogen-bond acceptors (Lipinski definition) is 4. The van der Waals surface area contributed by atoms with Gasteiger partial charge in [0.1, 0.15) is 0 Å². The number of amides is 2. The van der Waals surface area contributed by atoms with E-state index >= 15 is 0 Å². The van der Waals surface area contributed by atoms with Crippen LogP contribution in [0.3, 0.4) is 0 Å².